The molecule has 1 aromatic carbocycles. The van der Waals surface area contributed by atoms with Crippen molar-refractivity contribution in [3.8, 4) is 0 Å². The van der Waals surface area contributed by atoms with Gasteiger partial charge in [0.2, 0.25) is 0 Å². The average Bonchev–Trinajstić information content (AvgIpc) is 2.40. The minimum atomic E-state index is -0.805. The Bertz CT molecular complexity index is 601. The van der Waals surface area contributed by atoms with Gasteiger partial charge in [-0.1, -0.05) is 39.7 Å². The number of carbonyl (C=O) groups is 1. The van der Waals surface area contributed by atoms with Gasteiger partial charge in [0.1, 0.15) is 5.15 Å². The van der Waals surface area contributed by atoms with Crippen LogP contribution in [0.25, 0.3) is 0 Å². The van der Waals surface area contributed by atoms with Gasteiger partial charge in [-0.3, -0.25) is 4.79 Å². The second-order valence-corrected chi connectivity index (χ2v) is 5.86. The van der Waals surface area contributed by atoms with Gasteiger partial charge in [-0.15, -0.1) is 0 Å². The van der Waals surface area contributed by atoms with Gasteiger partial charge in [0.15, 0.2) is 0 Å². The molecule has 1 atom stereocenters. The summed E-state index contributed by atoms with van der Waals surface area (Å²) in [6.07, 6.45) is 2.52. The summed E-state index contributed by atoms with van der Waals surface area (Å²) in [5, 5.41) is 9.75. The van der Waals surface area contributed by atoms with E-state index in [9.17, 15) is 9.90 Å². The molecular weight excluding hydrogens is 342 g/mol. The highest BCUT2D eigenvalue weighted by molar-refractivity contribution is 9.10. The number of aliphatic carboxylic acids is 1. The van der Waals surface area contributed by atoms with Crippen LogP contribution in [0.1, 0.15) is 11.1 Å². The molecule has 0 amide bonds. The minimum absolute atomic E-state index is 0.385. The Morgan fingerprint density at radius 3 is 2.45 bits per heavy atom. The molecule has 0 saturated heterocycles. The summed E-state index contributed by atoms with van der Waals surface area (Å²) < 4.78 is 0.981. The number of aromatic nitrogens is 1. The van der Waals surface area contributed by atoms with Gasteiger partial charge in [-0.25, -0.2) is 4.98 Å². The summed E-state index contributed by atoms with van der Waals surface area (Å²) in [4.78, 5) is 15.3. The molecule has 1 unspecified atom stereocenters. The molecule has 0 radical (unpaired) electrons. The van der Waals surface area contributed by atoms with Crippen molar-refractivity contribution in [2.45, 2.75) is 12.8 Å². The fraction of sp³-hybridized carbons (Fsp3) is 0.200. The van der Waals surface area contributed by atoms with Crippen LogP contribution in [-0.4, -0.2) is 16.1 Å². The standard InChI is InChI=1S/C15H13BrClNO2/c16-13-3-1-10(2-4-13)7-12(15(19)20)8-11-5-6-18-14(17)9-11/h1-6,9,12H,7-8H2,(H,19,20). The van der Waals surface area contributed by atoms with Crippen LogP contribution >= 0.6 is 27.5 Å². The van der Waals surface area contributed by atoms with Crippen LogP contribution in [0.4, 0.5) is 0 Å². The van der Waals surface area contributed by atoms with Gasteiger partial charge in [-0.05, 0) is 48.2 Å². The number of pyridine rings is 1. The van der Waals surface area contributed by atoms with Crippen LogP contribution in [0.3, 0.4) is 0 Å². The lowest BCUT2D eigenvalue weighted by atomic mass is 9.93. The maximum atomic E-state index is 11.4. The van der Waals surface area contributed by atoms with Crippen molar-refractivity contribution in [2.24, 2.45) is 5.92 Å². The Balaban J connectivity index is 2.11. The van der Waals surface area contributed by atoms with Crippen molar-refractivity contribution in [3.05, 3.63) is 63.3 Å². The van der Waals surface area contributed by atoms with Gasteiger partial charge >= 0.3 is 5.97 Å². The lowest BCUT2D eigenvalue weighted by Crippen LogP contribution is -2.19. The number of nitrogens with zero attached hydrogens (tertiary/aromatic N) is 1. The van der Waals surface area contributed by atoms with E-state index in [4.69, 9.17) is 11.6 Å². The van der Waals surface area contributed by atoms with Gasteiger partial charge in [0.05, 0.1) is 5.92 Å². The van der Waals surface area contributed by atoms with Gasteiger partial charge in [0, 0.05) is 10.7 Å². The molecule has 0 spiro atoms. The van der Waals surface area contributed by atoms with E-state index in [0.29, 0.717) is 18.0 Å². The molecule has 2 aromatic rings. The molecule has 3 nitrogen and oxygen atoms in total. The van der Waals surface area contributed by atoms with E-state index in [2.05, 4.69) is 20.9 Å². The van der Waals surface area contributed by atoms with E-state index < -0.39 is 11.9 Å². The molecule has 2 rings (SSSR count). The second-order valence-electron chi connectivity index (χ2n) is 4.56. The first kappa shape index (κ1) is 15.0. The Labute approximate surface area is 130 Å². The first-order chi connectivity index (χ1) is 9.54. The molecule has 5 heteroatoms. The van der Waals surface area contributed by atoms with Gasteiger partial charge < -0.3 is 5.11 Å². The van der Waals surface area contributed by atoms with Crippen molar-refractivity contribution in [1.82, 2.24) is 4.98 Å². The predicted octanol–water partition coefficient (Wildman–Crippen LogP) is 3.98. The van der Waals surface area contributed by atoms with Gasteiger partial charge in [-0.2, -0.15) is 0 Å². The number of carboxylic acid groups (broad SMARTS) is 1. The van der Waals surface area contributed by atoms with Crippen LogP contribution in [0.2, 0.25) is 5.15 Å². The largest absolute Gasteiger partial charge is 0.481 e. The van der Waals surface area contributed by atoms with Crippen molar-refractivity contribution in [3.63, 3.8) is 0 Å². The van der Waals surface area contributed by atoms with Gasteiger partial charge in [0.25, 0.3) is 0 Å². The monoisotopic (exact) mass is 353 g/mol. The lowest BCUT2D eigenvalue weighted by Gasteiger charge is -2.12. The fourth-order valence-electron chi connectivity index (χ4n) is 2.01. The molecule has 20 heavy (non-hydrogen) atoms. The van der Waals surface area contributed by atoms with E-state index in [0.717, 1.165) is 15.6 Å². The number of hydrogen-bond acceptors (Lipinski definition) is 2. The summed E-state index contributed by atoms with van der Waals surface area (Å²) in [6.45, 7) is 0. The van der Waals surface area contributed by atoms with Crippen LogP contribution in [0, 0.1) is 5.92 Å². The van der Waals surface area contributed by atoms with E-state index in [1.54, 1.807) is 18.3 Å². The molecule has 0 fully saturated rings. The molecule has 0 aliphatic carbocycles. The predicted molar refractivity (Wildman–Crippen MR) is 81.9 cm³/mol. The zero-order valence-corrected chi connectivity index (χ0v) is 12.9. The number of benzene rings is 1. The molecule has 1 heterocycles. The van der Waals surface area contributed by atoms with E-state index in [1.165, 1.54) is 0 Å². The molecule has 0 saturated carbocycles. The van der Waals surface area contributed by atoms with Crippen molar-refractivity contribution in [2.75, 3.05) is 0 Å². The second kappa shape index (κ2) is 6.86. The van der Waals surface area contributed by atoms with Crippen molar-refractivity contribution < 1.29 is 9.90 Å². The third-order valence-electron chi connectivity index (χ3n) is 3.02. The minimum Gasteiger partial charge on any atom is -0.481 e. The zero-order valence-electron chi connectivity index (χ0n) is 10.6. The summed E-state index contributed by atoms with van der Waals surface area (Å²) >= 11 is 9.19. The number of hydrogen-bond donors (Lipinski definition) is 1. The van der Waals surface area contributed by atoms with E-state index in [1.807, 2.05) is 24.3 Å². The fourth-order valence-corrected chi connectivity index (χ4v) is 2.47. The molecular formula is C15H13BrClNO2. The quantitative estimate of drug-likeness (QED) is 0.826. The van der Waals surface area contributed by atoms with Crippen LogP contribution in [-0.2, 0) is 17.6 Å². The molecule has 0 aliphatic heterocycles. The highest BCUT2D eigenvalue weighted by Gasteiger charge is 2.18. The summed E-state index contributed by atoms with van der Waals surface area (Å²) in [7, 11) is 0. The maximum Gasteiger partial charge on any atom is 0.307 e. The lowest BCUT2D eigenvalue weighted by molar-refractivity contribution is -0.141. The first-order valence-electron chi connectivity index (χ1n) is 6.12. The van der Waals surface area contributed by atoms with Crippen LogP contribution in [0.5, 0.6) is 0 Å². The van der Waals surface area contributed by atoms with E-state index in [-0.39, 0.29) is 0 Å². The Hall–Kier alpha value is -1.39. The van der Waals surface area contributed by atoms with Crippen LogP contribution < -0.4 is 0 Å². The Morgan fingerprint density at radius 1 is 1.20 bits per heavy atom. The van der Waals surface area contributed by atoms with Crippen molar-refractivity contribution in [1.29, 1.82) is 0 Å². The molecule has 0 aliphatic rings. The SMILES string of the molecule is O=C(O)C(Cc1ccc(Br)cc1)Cc1ccnc(Cl)c1. The Kier molecular flexibility index (Phi) is 5.15. The highest BCUT2D eigenvalue weighted by atomic mass is 79.9. The third kappa shape index (κ3) is 4.32. The number of carboxylic acids is 1. The molecule has 0 bridgehead atoms. The molecule has 1 N–H and O–H groups in total. The molecule has 1 aromatic heterocycles. The summed E-state index contributed by atoms with van der Waals surface area (Å²) in [5.41, 5.74) is 1.88. The number of rotatable bonds is 5. The topological polar surface area (TPSA) is 50.2 Å². The van der Waals surface area contributed by atoms with Crippen LogP contribution in [0.15, 0.2) is 47.1 Å². The molecule has 104 valence electrons. The first-order valence-corrected chi connectivity index (χ1v) is 7.29. The van der Waals surface area contributed by atoms with E-state index >= 15 is 0 Å². The smallest absolute Gasteiger partial charge is 0.307 e. The summed E-state index contributed by atoms with van der Waals surface area (Å²) in [5.74, 6) is -1.28. The zero-order chi connectivity index (χ0) is 14.5. The average molecular weight is 355 g/mol. The Morgan fingerprint density at radius 2 is 1.85 bits per heavy atom. The normalized spacial score (nSPS) is 12.1. The maximum absolute atomic E-state index is 11.4. The number of halogens is 2. The summed E-state index contributed by atoms with van der Waals surface area (Å²) in [6, 6.07) is 11.2. The highest BCUT2D eigenvalue weighted by Crippen LogP contribution is 2.18. The van der Waals surface area contributed by atoms with Crippen molar-refractivity contribution >= 4 is 33.5 Å². The third-order valence-corrected chi connectivity index (χ3v) is 3.75.